The molecule has 6 heteroatoms. The Morgan fingerprint density at radius 2 is 2.04 bits per heavy atom. The summed E-state index contributed by atoms with van der Waals surface area (Å²) in [6.07, 6.45) is 6.37. The third-order valence-electron chi connectivity index (χ3n) is 4.62. The van der Waals surface area contributed by atoms with Gasteiger partial charge in [-0.25, -0.2) is 0 Å². The van der Waals surface area contributed by atoms with E-state index in [9.17, 15) is 9.59 Å². The average molecular weight is 364 g/mol. The van der Waals surface area contributed by atoms with Gasteiger partial charge in [0.2, 0.25) is 11.8 Å². The van der Waals surface area contributed by atoms with Crippen LogP contribution < -0.4 is 5.32 Å². The lowest BCUT2D eigenvalue weighted by Gasteiger charge is -2.36. The van der Waals surface area contributed by atoms with E-state index in [1.54, 1.807) is 16.7 Å². The largest absolute Gasteiger partial charge is 0.339 e. The van der Waals surface area contributed by atoms with Gasteiger partial charge < -0.3 is 10.2 Å². The molecule has 1 fully saturated rings. The van der Waals surface area contributed by atoms with Crippen molar-refractivity contribution in [1.82, 2.24) is 9.80 Å². The fraction of sp³-hybridized carbons (Fsp3) is 0.579. The second kappa shape index (κ2) is 9.82. The molecule has 1 N–H and O–H groups in total. The maximum Gasteiger partial charge on any atom is 0.238 e. The number of likely N-dealkylation sites (tertiary alicyclic amines) is 1. The first kappa shape index (κ1) is 19.8. The summed E-state index contributed by atoms with van der Waals surface area (Å²) < 4.78 is 0. The number of anilines is 1. The molecule has 0 unspecified atom stereocenters. The maximum absolute atomic E-state index is 12.6. The van der Waals surface area contributed by atoms with Gasteiger partial charge in [-0.2, -0.15) is 0 Å². The molecule has 0 aromatic heterocycles. The number of benzene rings is 1. The molecule has 1 aliphatic heterocycles. The van der Waals surface area contributed by atoms with Crippen LogP contribution >= 0.6 is 11.8 Å². The topological polar surface area (TPSA) is 52.7 Å². The summed E-state index contributed by atoms with van der Waals surface area (Å²) in [4.78, 5) is 29.7. The van der Waals surface area contributed by atoms with Gasteiger partial charge in [-0.15, -0.1) is 11.8 Å². The Bertz CT molecular complexity index is 594. The Kier molecular flexibility index (Phi) is 7.78. The fourth-order valence-electron chi connectivity index (χ4n) is 3.31. The van der Waals surface area contributed by atoms with E-state index in [1.165, 1.54) is 6.42 Å². The van der Waals surface area contributed by atoms with Crippen molar-refractivity contribution in [2.75, 3.05) is 38.3 Å². The number of piperidine rings is 1. The van der Waals surface area contributed by atoms with Crippen molar-refractivity contribution in [1.29, 1.82) is 0 Å². The van der Waals surface area contributed by atoms with Crippen LogP contribution in [0, 0.1) is 0 Å². The molecule has 2 amide bonds. The van der Waals surface area contributed by atoms with Crippen LogP contribution in [0.25, 0.3) is 0 Å². The predicted octanol–water partition coefficient (Wildman–Crippen LogP) is 3.07. The number of nitrogens with zero attached hydrogens (tertiary/aromatic N) is 2. The zero-order valence-corrected chi connectivity index (χ0v) is 16.3. The van der Waals surface area contributed by atoms with Crippen LogP contribution in [-0.2, 0) is 9.59 Å². The number of hydrogen-bond donors (Lipinski definition) is 1. The van der Waals surface area contributed by atoms with E-state index in [2.05, 4.69) is 12.2 Å². The predicted molar refractivity (Wildman–Crippen MR) is 104 cm³/mol. The van der Waals surface area contributed by atoms with Gasteiger partial charge in [-0.3, -0.25) is 14.5 Å². The number of hydrogen-bond acceptors (Lipinski definition) is 4. The average Bonchev–Trinajstić information content (AvgIpc) is 2.61. The number of rotatable bonds is 7. The summed E-state index contributed by atoms with van der Waals surface area (Å²) in [6, 6.07) is 8.10. The summed E-state index contributed by atoms with van der Waals surface area (Å²) in [5.41, 5.74) is 0.821. The minimum absolute atomic E-state index is 0.0949. The molecule has 0 spiro atoms. The molecular weight excluding hydrogens is 334 g/mol. The van der Waals surface area contributed by atoms with Crippen LogP contribution in [0.15, 0.2) is 29.2 Å². The zero-order chi connectivity index (χ0) is 18.2. The van der Waals surface area contributed by atoms with Crippen molar-refractivity contribution >= 4 is 29.3 Å². The van der Waals surface area contributed by atoms with E-state index in [1.807, 2.05) is 42.5 Å². The highest BCUT2D eigenvalue weighted by Gasteiger charge is 2.26. The van der Waals surface area contributed by atoms with Gasteiger partial charge in [0.1, 0.15) is 0 Å². The van der Waals surface area contributed by atoms with Crippen molar-refractivity contribution in [2.45, 2.75) is 43.5 Å². The molecule has 1 heterocycles. The highest BCUT2D eigenvalue weighted by molar-refractivity contribution is 7.98. The van der Waals surface area contributed by atoms with Gasteiger partial charge >= 0.3 is 0 Å². The number of thioether (sulfide) groups is 1. The standard InChI is InChI=1S/C19H29N3O2S/c1-4-15-9-7-8-12-22(15)19(24)14-21(2)13-18(23)20-16-10-5-6-11-17(16)25-3/h5-6,10-11,15H,4,7-9,12-14H2,1-3H3,(H,20,23)/t15-/m0/s1. The molecule has 0 saturated carbocycles. The molecule has 1 aromatic carbocycles. The van der Waals surface area contributed by atoms with E-state index >= 15 is 0 Å². The van der Waals surface area contributed by atoms with Gasteiger partial charge in [0.15, 0.2) is 0 Å². The van der Waals surface area contributed by atoms with Gasteiger partial charge in [0.25, 0.3) is 0 Å². The SMILES string of the molecule is CC[C@H]1CCCCN1C(=O)CN(C)CC(=O)Nc1ccccc1SC. The molecule has 0 aliphatic carbocycles. The molecule has 25 heavy (non-hydrogen) atoms. The first-order chi connectivity index (χ1) is 12.0. The number of carbonyl (C=O) groups is 2. The third kappa shape index (κ3) is 5.75. The van der Waals surface area contributed by atoms with E-state index in [0.717, 1.165) is 36.4 Å². The molecule has 1 saturated heterocycles. The lowest BCUT2D eigenvalue weighted by atomic mass is 10.00. The summed E-state index contributed by atoms with van der Waals surface area (Å²) >= 11 is 1.60. The van der Waals surface area contributed by atoms with Crippen molar-refractivity contribution < 1.29 is 9.59 Å². The number of likely N-dealkylation sites (N-methyl/N-ethyl adjacent to an activating group) is 1. The second-order valence-corrected chi connectivity index (χ2v) is 7.41. The summed E-state index contributed by atoms with van der Waals surface area (Å²) in [5, 5.41) is 2.94. The van der Waals surface area contributed by atoms with Gasteiger partial charge in [-0.1, -0.05) is 19.1 Å². The van der Waals surface area contributed by atoms with Crippen molar-refractivity contribution in [2.24, 2.45) is 0 Å². The Labute approximate surface area is 155 Å². The highest BCUT2D eigenvalue weighted by Crippen LogP contribution is 2.24. The summed E-state index contributed by atoms with van der Waals surface area (Å²) in [7, 11) is 1.82. The number of nitrogens with one attached hydrogen (secondary N) is 1. The van der Waals surface area contributed by atoms with Crippen LogP contribution in [0.2, 0.25) is 0 Å². The fourth-order valence-corrected chi connectivity index (χ4v) is 3.87. The van der Waals surface area contributed by atoms with Gasteiger partial charge in [0, 0.05) is 17.5 Å². The van der Waals surface area contributed by atoms with Crippen LogP contribution in [0.5, 0.6) is 0 Å². The molecule has 0 radical (unpaired) electrons. The smallest absolute Gasteiger partial charge is 0.238 e. The molecule has 0 bridgehead atoms. The van der Waals surface area contributed by atoms with E-state index in [4.69, 9.17) is 0 Å². The molecule has 1 aliphatic rings. The molecule has 1 aromatic rings. The van der Waals surface area contributed by atoms with Crippen molar-refractivity contribution in [3.05, 3.63) is 24.3 Å². The van der Waals surface area contributed by atoms with E-state index < -0.39 is 0 Å². The Morgan fingerprint density at radius 1 is 1.28 bits per heavy atom. The van der Waals surface area contributed by atoms with Crippen molar-refractivity contribution in [3.8, 4) is 0 Å². The van der Waals surface area contributed by atoms with Gasteiger partial charge in [-0.05, 0) is 51.1 Å². The van der Waals surface area contributed by atoms with Gasteiger partial charge in [0.05, 0.1) is 18.8 Å². The molecule has 138 valence electrons. The second-order valence-electron chi connectivity index (χ2n) is 6.57. The minimum Gasteiger partial charge on any atom is -0.339 e. The lowest BCUT2D eigenvalue weighted by molar-refractivity contribution is -0.136. The first-order valence-electron chi connectivity index (χ1n) is 8.96. The van der Waals surface area contributed by atoms with Crippen LogP contribution in [0.4, 0.5) is 5.69 Å². The number of para-hydroxylation sites is 1. The maximum atomic E-state index is 12.6. The normalized spacial score (nSPS) is 17.6. The molecular formula is C19H29N3O2S. The number of carbonyl (C=O) groups excluding carboxylic acids is 2. The van der Waals surface area contributed by atoms with Crippen molar-refractivity contribution in [3.63, 3.8) is 0 Å². The summed E-state index contributed by atoms with van der Waals surface area (Å²) in [5.74, 6) is 0.0360. The summed E-state index contributed by atoms with van der Waals surface area (Å²) in [6.45, 7) is 3.47. The number of amides is 2. The molecule has 2 rings (SSSR count). The van der Waals surface area contributed by atoms with Crippen LogP contribution in [0.1, 0.15) is 32.6 Å². The quantitative estimate of drug-likeness (QED) is 0.757. The third-order valence-corrected chi connectivity index (χ3v) is 5.41. The van der Waals surface area contributed by atoms with E-state index in [-0.39, 0.29) is 24.9 Å². The Hall–Kier alpha value is -1.53. The van der Waals surface area contributed by atoms with Crippen LogP contribution in [-0.4, -0.2) is 60.6 Å². The minimum atomic E-state index is -0.0949. The first-order valence-corrected chi connectivity index (χ1v) is 10.2. The van der Waals surface area contributed by atoms with E-state index in [0.29, 0.717) is 6.04 Å². The molecule has 1 atom stereocenters. The Morgan fingerprint density at radius 3 is 2.76 bits per heavy atom. The van der Waals surface area contributed by atoms with Crippen LogP contribution in [0.3, 0.4) is 0 Å². The Balaban J connectivity index is 1.85. The monoisotopic (exact) mass is 363 g/mol. The lowest BCUT2D eigenvalue weighted by Crippen LogP contribution is -2.48. The zero-order valence-electron chi connectivity index (χ0n) is 15.5. The highest BCUT2D eigenvalue weighted by atomic mass is 32.2. The molecule has 5 nitrogen and oxygen atoms in total.